The van der Waals surface area contributed by atoms with Gasteiger partial charge in [0.15, 0.2) is 0 Å². The second-order valence-electron chi connectivity index (χ2n) is 5.50. The van der Waals surface area contributed by atoms with Crippen molar-refractivity contribution in [2.24, 2.45) is 0 Å². The van der Waals surface area contributed by atoms with Crippen LogP contribution < -0.4 is 10.6 Å². The molecule has 1 amide bonds. The summed E-state index contributed by atoms with van der Waals surface area (Å²) in [5.41, 5.74) is 4.58. The molecule has 3 nitrogen and oxygen atoms in total. The smallest absolute Gasteiger partial charge is 0.257 e. The highest BCUT2D eigenvalue weighted by Crippen LogP contribution is 2.25. The first kappa shape index (κ1) is 15.1. The van der Waals surface area contributed by atoms with Gasteiger partial charge in [0, 0.05) is 18.4 Å². The molecule has 2 aromatic carbocycles. The quantitative estimate of drug-likeness (QED) is 0.872. The lowest BCUT2D eigenvalue weighted by Crippen LogP contribution is -2.15. The molecule has 0 aliphatic rings. The maximum atomic E-state index is 12.6. The van der Waals surface area contributed by atoms with Gasteiger partial charge in [0.2, 0.25) is 0 Å². The molecule has 21 heavy (non-hydrogen) atoms. The third kappa shape index (κ3) is 3.43. The molecule has 0 unspecified atom stereocenters. The van der Waals surface area contributed by atoms with Gasteiger partial charge in [-0.2, -0.15) is 0 Å². The van der Waals surface area contributed by atoms with Gasteiger partial charge in [0.25, 0.3) is 5.91 Å². The number of hydrogen-bond donors (Lipinski definition) is 2. The van der Waals surface area contributed by atoms with E-state index < -0.39 is 0 Å². The highest BCUT2D eigenvalue weighted by molar-refractivity contribution is 6.08. The lowest BCUT2D eigenvalue weighted by molar-refractivity contribution is 0.102. The molecule has 0 bridgehead atoms. The Labute approximate surface area is 126 Å². The number of amides is 1. The van der Waals surface area contributed by atoms with Crippen molar-refractivity contribution in [3.8, 4) is 0 Å². The first-order valence-corrected chi connectivity index (χ1v) is 7.21. The zero-order chi connectivity index (χ0) is 15.4. The van der Waals surface area contributed by atoms with Crippen LogP contribution in [-0.2, 0) is 0 Å². The van der Waals surface area contributed by atoms with Gasteiger partial charge in [0.05, 0.1) is 5.56 Å². The van der Waals surface area contributed by atoms with E-state index in [2.05, 4.69) is 30.5 Å². The summed E-state index contributed by atoms with van der Waals surface area (Å²) in [7, 11) is 1.82. The average Bonchev–Trinajstić information content (AvgIpc) is 2.47. The highest BCUT2D eigenvalue weighted by atomic mass is 16.1. The molecule has 0 saturated heterocycles. The summed E-state index contributed by atoms with van der Waals surface area (Å²) in [4.78, 5) is 12.6. The summed E-state index contributed by atoms with van der Waals surface area (Å²) in [6.45, 7) is 6.23. The molecule has 2 rings (SSSR count). The third-order valence-corrected chi connectivity index (χ3v) is 3.52. The molecule has 0 saturated carbocycles. The molecule has 2 N–H and O–H groups in total. The van der Waals surface area contributed by atoms with Crippen LogP contribution in [-0.4, -0.2) is 13.0 Å². The molecule has 0 fully saturated rings. The summed E-state index contributed by atoms with van der Waals surface area (Å²) in [6.07, 6.45) is 0. The minimum absolute atomic E-state index is 0.0869. The number of carbonyl (C=O) groups is 1. The monoisotopic (exact) mass is 282 g/mol. The first-order chi connectivity index (χ1) is 10.0. The van der Waals surface area contributed by atoms with Gasteiger partial charge in [-0.3, -0.25) is 4.79 Å². The van der Waals surface area contributed by atoms with E-state index in [1.165, 1.54) is 0 Å². The predicted octanol–water partition coefficient (Wildman–Crippen LogP) is 4.41. The summed E-state index contributed by atoms with van der Waals surface area (Å²) >= 11 is 0. The van der Waals surface area contributed by atoms with E-state index in [0.717, 1.165) is 22.5 Å². The number of benzene rings is 2. The average molecular weight is 282 g/mol. The zero-order valence-electron chi connectivity index (χ0n) is 13.0. The maximum Gasteiger partial charge on any atom is 0.257 e. The van der Waals surface area contributed by atoms with Crippen LogP contribution >= 0.6 is 0 Å². The molecule has 110 valence electrons. The molecule has 3 heteroatoms. The van der Waals surface area contributed by atoms with E-state index >= 15 is 0 Å². The van der Waals surface area contributed by atoms with Crippen LogP contribution in [0, 0.1) is 6.92 Å². The van der Waals surface area contributed by atoms with Crippen LogP contribution in [0.4, 0.5) is 11.4 Å². The summed E-state index contributed by atoms with van der Waals surface area (Å²) in [5, 5.41) is 6.10. The van der Waals surface area contributed by atoms with Crippen LogP contribution in [0.15, 0.2) is 42.5 Å². The predicted molar refractivity (Wildman–Crippen MR) is 89.2 cm³/mol. The number of aryl methyl sites for hydroxylation is 1. The Morgan fingerprint density at radius 1 is 1.05 bits per heavy atom. The maximum absolute atomic E-state index is 12.6. The Morgan fingerprint density at radius 3 is 2.43 bits per heavy atom. The van der Waals surface area contributed by atoms with E-state index in [9.17, 15) is 4.79 Å². The van der Waals surface area contributed by atoms with E-state index in [4.69, 9.17) is 0 Å². The number of carbonyl (C=O) groups excluding carboxylic acids is 1. The van der Waals surface area contributed by atoms with Gasteiger partial charge < -0.3 is 10.6 Å². The SMILES string of the molecule is CNc1ccc(C)cc1C(=O)Nc1ccccc1C(C)C. The van der Waals surface area contributed by atoms with Crippen molar-refractivity contribution in [2.75, 3.05) is 17.7 Å². The number of nitrogens with one attached hydrogen (secondary N) is 2. The van der Waals surface area contributed by atoms with Crippen LogP contribution in [0.2, 0.25) is 0 Å². The second kappa shape index (κ2) is 6.44. The molecular weight excluding hydrogens is 260 g/mol. The molecule has 0 radical (unpaired) electrons. The Balaban J connectivity index is 2.33. The highest BCUT2D eigenvalue weighted by Gasteiger charge is 2.14. The Bertz CT molecular complexity index is 647. The van der Waals surface area contributed by atoms with Crippen LogP contribution in [0.5, 0.6) is 0 Å². The van der Waals surface area contributed by atoms with Crippen molar-refractivity contribution in [3.05, 3.63) is 59.2 Å². The fourth-order valence-electron chi connectivity index (χ4n) is 2.37. The van der Waals surface area contributed by atoms with E-state index in [-0.39, 0.29) is 5.91 Å². The van der Waals surface area contributed by atoms with Crippen LogP contribution in [0.1, 0.15) is 41.3 Å². The minimum atomic E-state index is -0.0869. The minimum Gasteiger partial charge on any atom is -0.387 e. The van der Waals surface area contributed by atoms with E-state index in [0.29, 0.717) is 11.5 Å². The van der Waals surface area contributed by atoms with Crippen molar-refractivity contribution >= 4 is 17.3 Å². The Morgan fingerprint density at radius 2 is 1.76 bits per heavy atom. The van der Waals surface area contributed by atoms with Crippen molar-refractivity contribution < 1.29 is 4.79 Å². The van der Waals surface area contributed by atoms with Crippen molar-refractivity contribution in [1.82, 2.24) is 0 Å². The summed E-state index contributed by atoms with van der Waals surface area (Å²) in [5.74, 6) is 0.277. The van der Waals surface area contributed by atoms with Crippen molar-refractivity contribution in [1.29, 1.82) is 0 Å². The third-order valence-electron chi connectivity index (χ3n) is 3.52. The van der Waals surface area contributed by atoms with E-state index in [1.54, 1.807) is 0 Å². The summed E-state index contributed by atoms with van der Waals surface area (Å²) < 4.78 is 0. The molecule has 0 atom stereocenters. The second-order valence-corrected chi connectivity index (χ2v) is 5.50. The van der Waals surface area contributed by atoms with Gasteiger partial charge in [-0.15, -0.1) is 0 Å². The largest absolute Gasteiger partial charge is 0.387 e. The number of rotatable bonds is 4. The molecule has 0 aromatic heterocycles. The zero-order valence-corrected chi connectivity index (χ0v) is 13.0. The van der Waals surface area contributed by atoms with Gasteiger partial charge in [-0.05, 0) is 36.6 Å². The molecular formula is C18H22N2O. The number of anilines is 2. The molecule has 2 aromatic rings. The lowest BCUT2D eigenvalue weighted by atomic mass is 10.0. The molecule has 0 heterocycles. The van der Waals surface area contributed by atoms with Gasteiger partial charge >= 0.3 is 0 Å². The fourth-order valence-corrected chi connectivity index (χ4v) is 2.37. The van der Waals surface area contributed by atoms with Crippen molar-refractivity contribution in [3.63, 3.8) is 0 Å². The number of para-hydroxylation sites is 1. The Kier molecular flexibility index (Phi) is 4.63. The number of hydrogen-bond acceptors (Lipinski definition) is 2. The fraction of sp³-hybridized carbons (Fsp3) is 0.278. The van der Waals surface area contributed by atoms with Gasteiger partial charge in [-0.1, -0.05) is 43.7 Å². The molecule has 0 aliphatic heterocycles. The van der Waals surface area contributed by atoms with Crippen molar-refractivity contribution in [2.45, 2.75) is 26.7 Å². The normalized spacial score (nSPS) is 10.5. The molecule has 0 spiro atoms. The molecule has 0 aliphatic carbocycles. The topological polar surface area (TPSA) is 41.1 Å². The van der Waals surface area contributed by atoms with E-state index in [1.807, 2.05) is 50.4 Å². The van der Waals surface area contributed by atoms with Gasteiger partial charge in [-0.25, -0.2) is 0 Å². The Hall–Kier alpha value is -2.29. The first-order valence-electron chi connectivity index (χ1n) is 7.21. The lowest BCUT2D eigenvalue weighted by Gasteiger charge is -2.15. The summed E-state index contributed by atoms with van der Waals surface area (Å²) in [6, 6.07) is 13.8. The van der Waals surface area contributed by atoms with Gasteiger partial charge in [0.1, 0.15) is 0 Å². The standard InChI is InChI=1S/C18H22N2O/c1-12(2)14-7-5-6-8-17(14)20-18(21)15-11-13(3)9-10-16(15)19-4/h5-12,19H,1-4H3,(H,20,21). The van der Waals surface area contributed by atoms with Crippen LogP contribution in [0.3, 0.4) is 0 Å². The van der Waals surface area contributed by atoms with Crippen LogP contribution in [0.25, 0.3) is 0 Å².